The highest BCUT2D eigenvalue weighted by atomic mass is 19.1. The number of morpholine rings is 1. The molecule has 26 heavy (non-hydrogen) atoms. The lowest BCUT2D eigenvalue weighted by molar-refractivity contribution is 0.102. The van der Waals surface area contributed by atoms with E-state index in [1.54, 1.807) is 12.3 Å². The number of carbonyl (C=O) groups is 1. The van der Waals surface area contributed by atoms with Crippen LogP contribution in [0.25, 0.3) is 0 Å². The van der Waals surface area contributed by atoms with Crippen LogP contribution in [0.5, 0.6) is 0 Å². The first-order valence-electron chi connectivity index (χ1n) is 8.85. The topological polar surface area (TPSA) is 54.5 Å². The van der Waals surface area contributed by atoms with Crippen LogP contribution in [0.1, 0.15) is 41.4 Å². The summed E-state index contributed by atoms with van der Waals surface area (Å²) in [5.74, 6) is -0.468. The zero-order valence-electron chi connectivity index (χ0n) is 15.4. The number of hydrogen-bond acceptors (Lipinski definition) is 4. The molecule has 0 aliphatic carbocycles. The molecule has 1 aliphatic heterocycles. The van der Waals surface area contributed by atoms with E-state index in [0.29, 0.717) is 43.6 Å². The van der Waals surface area contributed by atoms with Gasteiger partial charge in [0.2, 0.25) is 0 Å². The van der Waals surface area contributed by atoms with Gasteiger partial charge in [0, 0.05) is 30.0 Å². The average Bonchev–Trinajstić information content (AvgIpc) is 2.63. The number of nitrogens with zero attached hydrogens (tertiary/aromatic N) is 2. The third-order valence-corrected chi connectivity index (χ3v) is 4.53. The molecule has 3 rings (SSSR count). The number of halogens is 1. The van der Waals surface area contributed by atoms with Crippen molar-refractivity contribution in [1.29, 1.82) is 0 Å². The standard InChI is InChI=1S/C20H24FN3O2/c1-13(2)19-11-17(12-22-14(19)3)23-20(25)15-8-16(21)10-18(9-15)24-4-6-26-7-5-24/h8-13H,4-7H2,1-3H3,(H,23,25). The van der Waals surface area contributed by atoms with E-state index in [0.717, 1.165) is 11.3 Å². The van der Waals surface area contributed by atoms with Gasteiger partial charge in [-0.05, 0) is 42.7 Å². The SMILES string of the molecule is Cc1ncc(NC(=O)c2cc(F)cc(N3CCOCC3)c2)cc1C(C)C. The lowest BCUT2D eigenvalue weighted by Crippen LogP contribution is -2.36. The molecule has 6 heteroatoms. The molecule has 2 aromatic rings. The van der Waals surface area contributed by atoms with Crippen molar-refractivity contribution >= 4 is 17.3 Å². The predicted molar refractivity (Wildman–Crippen MR) is 100 cm³/mol. The van der Waals surface area contributed by atoms with Gasteiger partial charge >= 0.3 is 0 Å². The molecule has 1 N–H and O–H groups in total. The Hall–Kier alpha value is -2.47. The first kappa shape index (κ1) is 18.3. The summed E-state index contributed by atoms with van der Waals surface area (Å²) in [7, 11) is 0. The number of aromatic nitrogens is 1. The van der Waals surface area contributed by atoms with E-state index in [1.165, 1.54) is 12.1 Å². The van der Waals surface area contributed by atoms with Gasteiger partial charge in [0.15, 0.2) is 0 Å². The highest BCUT2D eigenvalue weighted by Crippen LogP contribution is 2.23. The van der Waals surface area contributed by atoms with E-state index < -0.39 is 5.82 Å². The predicted octanol–water partition coefficient (Wildman–Crippen LogP) is 3.74. The molecule has 1 aromatic heterocycles. The van der Waals surface area contributed by atoms with Crippen LogP contribution in [0, 0.1) is 12.7 Å². The lowest BCUT2D eigenvalue weighted by Gasteiger charge is -2.29. The number of rotatable bonds is 4. The fraction of sp³-hybridized carbons (Fsp3) is 0.400. The van der Waals surface area contributed by atoms with Crippen LogP contribution in [0.2, 0.25) is 0 Å². The number of pyridine rings is 1. The van der Waals surface area contributed by atoms with Crippen LogP contribution in [0.4, 0.5) is 15.8 Å². The maximum absolute atomic E-state index is 14.1. The minimum atomic E-state index is -0.427. The average molecular weight is 357 g/mol. The number of nitrogens with one attached hydrogen (secondary N) is 1. The molecule has 1 amide bonds. The van der Waals surface area contributed by atoms with Gasteiger partial charge in [-0.15, -0.1) is 0 Å². The zero-order valence-corrected chi connectivity index (χ0v) is 15.4. The zero-order chi connectivity index (χ0) is 18.7. The Bertz CT molecular complexity index is 802. The molecule has 138 valence electrons. The molecule has 1 aliphatic rings. The molecule has 0 atom stereocenters. The summed E-state index contributed by atoms with van der Waals surface area (Å²) in [6.45, 7) is 8.68. The summed E-state index contributed by atoms with van der Waals surface area (Å²) in [4.78, 5) is 19.0. The Balaban J connectivity index is 1.81. The van der Waals surface area contributed by atoms with Crippen molar-refractivity contribution in [3.63, 3.8) is 0 Å². The van der Waals surface area contributed by atoms with E-state index in [2.05, 4.69) is 24.1 Å². The van der Waals surface area contributed by atoms with Crippen molar-refractivity contribution in [2.24, 2.45) is 0 Å². The smallest absolute Gasteiger partial charge is 0.255 e. The number of anilines is 2. The van der Waals surface area contributed by atoms with Crippen molar-refractivity contribution in [3.05, 3.63) is 53.1 Å². The fourth-order valence-corrected chi connectivity index (χ4v) is 3.12. The van der Waals surface area contributed by atoms with Crippen molar-refractivity contribution in [2.75, 3.05) is 36.5 Å². The third-order valence-electron chi connectivity index (χ3n) is 4.53. The first-order chi connectivity index (χ1) is 12.4. The molecule has 0 unspecified atom stereocenters. The Morgan fingerprint density at radius 1 is 1.23 bits per heavy atom. The first-order valence-corrected chi connectivity index (χ1v) is 8.85. The minimum Gasteiger partial charge on any atom is -0.378 e. The molecule has 0 saturated carbocycles. The van der Waals surface area contributed by atoms with Gasteiger partial charge in [0.25, 0.3) is 5.91 Å². The normalized spacial score (nSPS) is 14.6. The Morgan fingerprint density at radius 2 is 1.96 bits per heavy atom. The lowest BCUT2D eigenvalue weighted by atomic mass is 10.0. The molecule has 1 aromatic carbocycles. The number of benzene rings is 1. The van der Waals surface area contributed by atoms with Gasteiger partial charge in [0.1, 0.15) is 5.82 Å². The maximum atomic E-state index is 14.1. The van der Waals surface area contributed by atoms with E-state index in [4.69, 9.17) is 4.74 Å². The number of carbonyl (C=O) groups excluding carboxylic acids is 1. The number of amides is 1. The second-order valence-corrected chi connectivity index (χ2v) is 6.80. The summed E-state index contributed by atoms with van der Waals surface area (Å²) in [5, 5.41) is 2.83. The molecule has 5 nitrogen and oxygen atoms in total. The second kappa shape index (κ2) is 7.83. The molecule has 1 saturated heterocycles. The van der Waals surface area contributed by atoms with Gasteiger partial charge in [-0.25, -0.2) is 4.39 Å². The largest absolute Gasteiger partial charge is 0.378 e. The minimum absolute atomic E-state index is 0.290. The fourth-order valence-electron chi connectivity index (χ4n) is 3.12. The van der Waals surface area contributed by atoms with Crippen molar-refractivity contribution in [3.8, 4) is 0 Å². The summed E-state index contributed by atoms with van der Waals surface area (Å²) >= 11 is 0. The third kappa shape index (κ3) is 4.19. The van der Waals surface area contributed by atoms with Gasteiger partial charge in [0.05, 0.1) is 25.1 Å². The highest BCUT2D eigenvalue weighted by molar-refractivity contribution is 6.04. The van der Waals surface area contributed by atoms with Gasteiger partial charge in [-0.3, -0.25) is 9.78 Å². The van der Waals surface area contributed by atoms with Crippen LogP contribution >= 0.6 is 0 Å². The van der Waals surface area contributed by atoms with Crippen LogP contribution in [-0.4, -0.2) is 37.2 Å². The molecule has 2 heterocycles. The van der Waals surface area contributed by atoms with E-state index >= 15 is 0 Å². The molecule has 0 radical (unpaired) electrons. The Kier molecular flexibility index (Phi) is 5.52. The van der Waals surface area contributed by atoms with Crippen LogP contribution < -0.4 is 10.2 Å². The van der Waals surface area contributed by atoms with Crippen molar-refractivity contribution in [2.45, 2.75) is 26.7 Å². The molecule has 1 fully saturated rings. The molecular weight excluding hydrogens is 333 g/mol. The molecule has 0 bridgehead atoms. The summed E-state index contributed by atoms with van der Waals surface area (Å²) in [5.41, 5.74) is 3.62. The van der Waals surface area contributed by atoms with Gasteiger partial charge in [-0.1, -0.05) is 13.8 Å². The van der Waals surface area contributed by atoms with Gasteiger partial charge in [-0.2, -0.15) is 0 Å². The highest BCUT2D eigenvalue weighted by Gasteiger charge is 2.16. The van der Waals surface area contributed by atoms with E-state index in [9.17, 15) is 9.18 Å². The second-order valence-electron chi connectivity index (χ2n) is 6.80. The van der Waals surface area contributed by atoms with Crippen LogP contribution in [-0.2, 0) is 4.74 Å². The van der Waals surface area contributed by atoms with E-state index in [1.807, 2.05) is 17.9 Å². The Labute approximate surface area is 153 Å². The number of ether oxygens (including phenoxy) is 1. The van der Waals surface area contributed by atoms with Crippen LogP contribution in [0.15, 0.2) is 30.5 Å². The van der Waals surface area contributed by atoms with Crippen molar-refractivity contribution in [1.82, 2.24) is 4.98 Å². The number of aryl methyl sites for hydroxylation is 1. The van der Waals surface area contributed by atoms with Gasteiger partial charge < -0.3 is 15.0 Å². The Morgan fingerprint density at radius 3 is 2.65 bits per heavy atom. The monoisotopic (exact) mass is 357 g/mol. The molecular formula is C20H24FN3O2. The van der Waals surface area contributed by atoms with Crippen molar-refractivity contribution < 1.29 is 13.9 Å². The van der Waals surface area contributed by atoms with E-state index in [-0.39, 0.29) is 11.5 Å². The summed E-state index contributed by atoms with van der Waals surface area (Å²) < 4.78 is 19.4. The van der Waals surface area contributed by atoms with Crippen LogP contribution in [0.3, 0.4) is 0 Å². The number of hydrogen-bond donors (Lipinski definition) is 1. The maximum Gasteiger partial charge on any atom is 0.255 e. The summed E-state index contributed by atoms with van der Waals surface area (Å²) in [6.07, 6.45) is 1.63. The molecule has 0 spiro atoms. The quantitative estimate of drug-likeness (QED) is 0.906. The summed E-state index contributed by atoms with van der Waals surface area (Å²) in [6, 6.07) is 6.35.